The molecule has 2 aromatic rings. The molecule has 2 N–H and O–H groups in total. The van der Waals surface area contributed by atoms with E-state index in [-0.39, 0.29) is 5.41 Å². The predicted octanol–water partition coefficient (Wildman–Crippen LogP) is 3.79. The molecule has 0 saturated heterocycles. The third kappa shape index (κ3) is 2.97. The van der Waals surface area contributed by atoms with Crippen LogP contribution in [0.25, 0.3) is 11.0 Å². The maximum absolute atomic E-state index is 6.69. The predicted molar refractivity (Wildman–Crippen MR) is 88.3 cm³/mol. The number of hydrogen-bond donors (Lipinski definition) is 1. The lowest BCUT2D eigenvalue weighted by Gasteiger charge is -2.42. The first kappa shape index (κ1) is 16.0. The van der Waals surface area contributed by atoms with Gasteiger partial charge in [0, 0.05) is 5.02 Å². The zero-order valence-electron chi connectivity index (χ0n) is 13.2. The zero-order chi connectivity index (χ0) is 15.8. The lowest BCUT2D eigenvalue weighted by atomic mass is 9.69. The molecule has 0 saturated carbocycles. The molecule has 1 aromatic heterocycles. The standard InChI is InChI=1S/C16H23ClN4/c1-6-11(2)16(18,15(3,4)5)10-21-19-13-8-7-12(17)9-14(13)20-21/h7-9H,2,6,10,18H2,1,3-5H3. The SMILES string of the molecule is C=C(CC)C(N)(Cn1nc2ccc(Cl)cc2n1)C(C)(C)C. The van der Waals surface area contributed by atoms with Crippen LogP contribution in [0.5, 0.6) is 0 Å². The normalized spacial score (nSPS) is 15.1. The fourth-order valence-corrected chi connectivity index (χ4v) is 2.59. The molecule has 114 valence electrons. The first-order valence-corrected chi connectivity index (χ1v) is 7.52. The third-order valence-corrected chi connectivity index (χ3v) is 4.41. The Morgan fingerprint density at radius 2 is 1.90 bits per heavy atom. The molecule has 21 heavy (non-hydrogen) atoms. The lowest BCUT2D eigenvalue weighted by molar-refractivity contribution is 0.183. The highest BCUT2D eigenvalue weighted by molar-refractivity contribution is 6.31. The molecule has 4 nitrogen and oxygen atoms in total. The van der Waals surface area contributed by atoms with E-state index in [9.17, 15) is 0 Å². The minimum absolute atomic E-state index is 0.141. The molecule has 0 bridgehead atoms. The van der Waals surface area contributed by atoms with Gasteiger partial charge in [-0.1, -0.05) is 51.4 Å². The van der Waals surface area contributed by atoms with E-state index in [1.165, 1.54) is 0 Å². The second kappa shape index (κ2) is 5.43. The van der Waals surface area contributed by atoms with Gasteiger partial charge in [-0.05, 0) is 30.0 Å². The van der Waals surface area contributed by atoms with Crippen LogP contribution in [-0.2, 0) is 6.54 Å². The van der Waals surface area contributed by atoms with Gasteiger partial charge >= 0.3 is 0 Å². The van der Waals surface area contributed by atoms with Crippen molar-refractivity contribution in [1.82, 2.24) is 15.0 Å². The van der Waals surface area contributed by atoms with Crippen molar-refractivity contribution in [2.24, 2.45) is 11.1 Å². The number of rotatable bonds is 4. The minimum atomic E-state index is -0.569. The molecule has 1 unspecified atom stereocenters. The van der Waals surface area contributed by atoms with Crippen molar-refractivity contribution in [3.8, 4) is 0 Å². The Labute approximate surface area is 131 Å². The molecule has 5 heteroatoms. The molecular weight excluding hydrogens is 284 g/mol. The summed E-state index contributed by atoms with van der Waals surface area (Å²) in [5.74, 6) is 0. The maximum Gasteiger partial charge on any atom is 0.114 e. The molecular formula is C16H23ClN4. The van der Waals surface area contributed by atoms with Gasteiger partial charge < -0.3 is 5.73 Å². The van der Waals surface area contributed by atoms with Crippen LogP contribution in [0.15, 0.2) is 30.4 Å². The average Bonchev–Trinajstić information content (AvgIpc) is 2.77. The topological polar surface area (TPSA) is 56.7 Å². The molecule has 0 aliphatic heterocycles. The Hall–Kier alpha value is -1.39. The Kier molecular flexibility index (Phi) is 4.13. The highest BCUT2D eigenvalue weighted by Crippen LogP contribution is 2.36. The maximum atomic E-state index is 6.69. The van der Waals surface area contributed by atoms with Crippen molar-refractivity contribution in [2.45, 2.75) is 46.2 Å². The van der Waals surface area contributed by atoms with Crippen LogP contribution in [0.2, 0.25) is 5.02 Å². The summed E-state index contributed by atoms with van der Waals surface area (Å²) >= 11 is 5.99. The van der Waals surface area contributed by atoms with Crippen LogP contribution in [-0.4, -0.2) is 20.5 Å². The van der Waals surface area contributed by atoms with Gasteiger partial charge in [0.05, 0.1) is 12.1 Å². The summed E-state index contributed by atoms with van der Waals surface area (Å²) in [5.41, 5.74) is 8.58. The molecule has 1 heterocycles. The Morgan fingerprint density at radius 3 is 2.48 bits per heavy atom. The minimum Gasteiger partial charge on any atom is -0.320 e. The molecule has 0 radical (unpaired) electrons. The zero-order valence-corrected chi connectivity index (χ0v) is 13.9. The smallest absolute Gasteiger partial charge is 0.114 e. The summed E-state index contributed by atoms with van der Waals surface area (Å²) in [6, 6.07) is 5.49. The Bertz CT molecular complexity index is 668. The number of halogens is 1. The number of nitrogens with zero attached hydrogens (tertiary/aromatic N) is 3. The van der Waals surface area contributed by atoms with E-state index >= 15 is 0 Å². The summed E-state index contributed by atoms with van der Waals surface area (Å²) in [6.45, 7) is 13.1. The van der Waals surface area contributed by atoms with Crippen molar-refractivity contribution in [3.63, 3.8) is 0 Å². The molecule has 0 spiro atoms. The summed E-state index contributed by atoms with van der Waals surface area (Å²) in [4.78, 5) is 1.66. The van der Waals surface area contributed by atoms with Crippen LogP contribution in [0, 0.1) is 5.41 Å². The number of aromatic nitrogens is 3. The Morgan fingerprint density at radius 1 is 1.29 bits per heavy atom. The highest BCUT2D eigenvalue weighted by Gasteiger charge is 2.41. The molecule has 0 fully saturated rings. The fourth-order valence-electron chi connectivity index (χ4n) is 2.42. The van der Waals surface area contributed by atoms with Gasteiger partial charge in [0.1, 0.15) is 11.0 Å². The fraction of sp³-hybridized carbons (Fsp3) is 0.500. The van der Waals surface area contributed by atoms with Gasteiger partial charge in [0.25, 0.3) is 0 Å². The Balaban J connectivity index is 2.41. The lowest BCUT2D eigenvalue weighted by Crippen LogP contribution is -2.56. The second-order valence-corrected chi connectivity index (χ2v) is 6.98. The highest BCUT2D eigenvalue weighted by atomic mass is 35.5. The molecule has 1 atom stereocenters. The van der Waals surface area contributed by atoms with Crippen molar-refractivity contribution in [3.05, 3.63) is 35.4 Å². The van der Waals surface area contributed by atoms with Gasteiger partial charge in [-0.15, -0.1) is 0 Å². The summed E-state index contributed by atoms with van der Waals surface area (Å²) in [7, 11) is 0. The van der Waals surface area contributed by atoms with E-state index in [2.05, 4.69) is 44.5 Å². The van der Waals surface area contributed by atoms with E-state index in [1.54, 1.807) is 4.80 Å². The first-order valence-electron chi connectivity index (χ1n) is 7.15. The van der Waals surface area contributed by atoms with Gasteiger partial charge in [0.2, 0.25) is 0 Å². The van der Waals surface area contributed by atoms with Crippen LogP contribution >= 0.6 is 11.6 Å². The van der Waals surface area contributed by atoms with Crippen molar-refractivity contribution in [1.29, 1.82) is 0 Å². The van der Waals surface area contributed by atoms with Crippen molar-refractivity contribution in [2.75, 3.05) is 0 Å². The van der Waals surface area contributed by atoms with Gasteiger partial charge in [0.15, 0.2) is 0 Å². The van der Waals surface area contributed by atoms with Gasteiger partial charge in [-0.3, -0.25) is 0 Å². The summed E-state index contributed by atoms with van der Waals surface area (Å²) < 4.78 is 0. The molecule has 2 rings (SSSR count). The van der Waals surface area contributed by atoms with E-state index in [0.717, 1.165) is 23.0 Å². The summed E-state index contributed by atoms with van der Waals surface area (Å²) in [6.07, 6.45) is 0.834. The van der Waals surface area contributed by atoms with Crippen LogP contribution in [0.1, 0.15) is 34.1 Å². The quantitative estimate of drug-likeness (QED) is 0.874. The largest absolute Gasteiger partial charge is 0.320 e. The molecule has 0 amide bonds. The van der Waals surface area contributed by atoms with Crippen molar-refractivity contribution >= 4 is 22.6 Å². The average molecular weight is 307 g/mol. The van der Waals surface area contributed by atoms with Crippen molar-refractivity contribution < 1.29 is 0 Å². The molecule has 0 aliphatic carbocycles. The van der Waals surface area contributed by atoms with Crippen LogP contribution in [0.4, 0.5) is 0 Å². The third-order valence-electron chi connectivity index (χ3n) is 4.17. The van der Waals surface area contributed by atoms with Gasteiger partial charge in [-0.2, -0.15) is 15.0 Å². The second-order valence-electron chi connectivity index (χ2n) is 6.54. The van der Waals surface area contributed by atoms with Crippen LogP contribution in [0.3, 0.4) is 0 Å². The first-order chi connectivity index (χ1) is 9.67. The van der Waals surface area contributed by atoms with E-state index < -0.39 is 5.54 Å². The number of fused-ring (bicyclic) bond motifs is 1. The van der Waals surface area contributed by atoms with E-state index in [4.69, 9.17) is 17.3 Å². The van der Waals surface area contributed by atoms with Crippen LogP contribution < -0.4 is 5.73 Å². The number of hydrogen-bond acceptors (Lipinski definition) is 3. The number of nitrogens with two attached hydrogens (primary N) is 1. The van der Waals surface area contributed by atoms with E-state index in [1.807, 2.05) is 18.2 Å². The molecule has 0 aliphatic rings. The van der Waals surface area contributed by atoms with Gasteiger partial charge in [-0.25, -0.2) is 0 Å². The monoisotopic (exact) mass is 306 g/mol. The number of benzene rings is 1. The molecule has 1 aromatic carbocycles. The summed E-state index contributed by atoms with van der Waals surface area (Å²) in [5, 5.41) is 9.64. The van der Waals surface area contributed by atoms with E-state index in [0.29, 0.717) is 11.6 Å².